The largest absolute Gasteiger partial charge is 0.478 e. The average Bonchev–Trinajstić information content (AvgIpc) is 3.34. The Morgan fingerprint density at radius 1 is 1.15 bits per heavy atom. The summed E-state index contributed by atoms with van der Waals surface area (Å²) in [6, 6.07) is 13.7. The fourth-order valence-corrected chi connectivity index (χ4v) is 3.56. The molecule has 0 radical (unpaired) electrons. The van der Waals surface area contributed by atoms with E-state index in [1.54, 1.807) is 30.3 Å². The molecule has 0 bridgehead atoms. The van der Waals surface area contributed by atoms with Crippen molar-refractivity contribution < 1.29 is 28.7 Å². The van der Waals surface area contributed by atoms with Crippen LogP contribution in [-0.4, -0.2) is 40.4 Å². The van der Waals surface area contributed by atoms with E-state index in [0.29, 0.717) is 11.3 Å². The van der Waals surface area contributed by atoms with Gasteiger partial charge in [-0.3, -0.25) is 9.59 Å². The summed E-state index contributed by atoms with van der Waals surface area (Å²) in [7, 11) is 0. The van der Waals surface area contributed by atoms with Gasteiger partial charge in [-0.15, -0.1) is 0 Å². The van der Waals surface area contributed by atoms with Crippen LogP contribution in [0.15, 0.2) is 64.7 Å². The molecule has 10 heteroatoms. The van der Waals surface area contributed by atoms with E-state index in [4.69, 9.17) is 16.0 Å². The number of carboxylic acids is 1. The number of hydrogen-bond donors (Lipinski definition) is 3. The molecule has 4 rings (SSSR count). The quantitative estimate of drug-likeness (QED) is 0.360. The van der Waals surface area contributed by atoms with Gasteiger partial charge in [0.1, 0.15) is 23.8 Å². The minimum Gasteiger partial charge on any atom is -0.478 e. The zero-order chi connectivity index (χ0) is 24.4. The van der Waals surface area contributed by atoms with Gasteiger partial charge in [-0.25, -0.2) is 14.5 Å². The van der Waals surface area contributed by atoms with Gasteiger partial charge in [0.25, 0.3) is 5.91 Å². The number of carboxylic acid groups (broad SMARTS) is 1. The number of aryl methyl sites for hydroxylation is 1. The zero-order valence-corrected chi connectivity index (χ0v) is 18.6. The second-order valence-corrected chi connectivity index (χ2v) is 7.91. The Bertz CT molecular complexity index is 1360. The van der Waals surface area contributed by atoms with Crippen LogP contribution in [0.1, 0.15) is 21.7 Å². The van der Waals surface area contributed by atoms with Gasteiger partial charge in [-0.05, 0) is 55.0 Å². The molecule has 1 fully saturated rings. The molecule has 0 saturated carbocycles. The third-order valence-electron chi connectivity index (χ3n) is 4.96. The Morgan fingerprint density at radius 3 is 2.68 bits per heavy atom. The van der Waals surface area contributed by atoms with E-state index in [1.807, 2.05) is 13.0 Å². The first-order valence-electron chi connectivity index (χ1n) is 10.1. The molecule has 2 heterocycles. The predicted octanol–water partition coefficient (Wildman–Crippen LogP) is 4.14. The van der Waals surface area contributed by atoms with Gasteiger partial charge in [-0.1, -0.05) is 23.7 Å². The lowest BCUT2D eigenvalue weighted by Gasteiger charge is -2.12. The number of hydrogen-bond acceptors (Lipinski definition) is 5. The average molecular weight is 480 g/mol. The number of urea groups is 1. The summed E-state index contributed by atoms with van der Waals surface area (Å²) in [5.74, 6) is -1.82. The number of nitrogens with one attached hydrogen (secondary N) is 2. The lowest BCUT2D eigenvalue weighted by atomic mass is 10.1. The van der Waals surface area contributed by atoms with Crippen molar-refractivity contribution in [2.24, 2.45) is 0 Å². The number of benzene rings is 2. The van der Waals surface area contributed by atoms with Gasteiger partial charge in [0, 0.05) is 17.3 Å². The molecule has 2 aromatic carbocycles. The van der Waals surface area contributed by atoms with E-state index in [9.17, 15) is 24.3 Å². The summed E-state index contributed by atoms with van der Waals surface area (Å²) in [4.78, 5) is 49.3. The maximum atomic E-state index is 12.7. The molecular weight excluding hydrogens is 462 g/mol. The van der Waals surface area contributed by atoms with Crippen molar-refractivity contribution in [2.75, 3.05) is 11.9 Å². The molecule has 9 nitrogen and oxygen atoms in total. The van der Waals surface area contributed by atoms with Crippen LogP contribution in [-0.2, 0) is 9.59 Å². The predicted molar refractivity (Wildman–Crippen MR) is 124 cm³/mol. The highest BCUT2D eigenvalue weighted by atomic mass is 35.5. The van der Waals surface area contributed by atoms with Crippen LogP contribution in [0.3, 0.4) is 0 Å². The van der Waals surface area contributed by atoms with Crippen molar-refractivity contribution in [2.45, 2.75) is 6.92 Å². The maximum absolute atomic E-state index is 12.7. The second kappa shape index (κ2) is 9.24. The van der Waals surface area contributed by atoms with Gasteiger partial charge in [0.05, 0.1) is 10.6 Å². The molecular formula is C24H18ClN3O6. The topological polar surface area (TPSA) is 129 Å². The molecule has 0 spiro atoms. The summed E-state index contributed by atoms with van der Waals surface area (Å²) in [5.41, 5.74) is 1.84. The maximum Gasteiger partial charge on any atom is 0.335 e. The lowest BCUT2D eigenvalue weighted by Crippen LogP contribution is -2.38. The van der Waals surface area contributed by atoms with Gasteiger partial charge in [0.15, 0.2) is 0 Å². The smallest absolute Gasteiger partial charge is 0.335 e. The summed E-state index contributed by atoms with van der Waals surface area (Å²) in [6.07, 6.45) is 1.32. The fraction of sp³-hybridized carbons (Fsp3) is 0.0833. The standard InChI is InChI=1S/C24H18ClN3O6/c1-13-3-2-4-15(9-13)26-21(29)12-28-22(30)19(27-24(28)33)11-16-6-8-20(34-16)17-10-14(23(31)32)5-7-18(17)25/h2-11H,12H2,1H3,(H,26,29)(H,27,33)(H,31,32)/b19-11+. The molecule has 34 heavy (non-hydrogen) atoms. The van der Waals surface area contributed by atoms with Gasteiger partial charge >= 0.3 is 12.0 Å². The van der Waals surface area contributed by atoms with E-state index in [0.717, 1.165) is 10.5 Å². The Morgan fingerprint density at radius 2 is 1.94 bits per heavy atom. The van der Waals surface area contributed by atoms with Crippen LogP contribution in [0.2, 0.25) is 5.02 Å². The van der Waals surface area contributed by atoms with E-state index in [-0.39, 0.29) is 27.8 Å². The molecule has 1 aromatic heterocycles. The van der Waals surface area contributed by atoms with E-state index < -0.39 is 30.4 Å². The zero-order valence-electron chi connectivity index (χ0n) is 17.8. The second-order valence-electron chi connectivity index (χ2n) is 7.50. The minimum atomic E-state index is -1.11. The highest BCUT2D eigenvalue weighted by molar-refractivity contribution is 6.33. The molecule has 1 saturated heterocycles. The van der Waals surface area contributed by atoms with Crippen molar-refractivity contribution in [3.8, 4) is 11.3 Å². The van der Waals surface area contributed by atoms with Gasteiger partial charge < -0.3 is 20.2 Å². The number of imide groups is 1. The molecule has 3 N–H and O–H groups in total. The van der Waals surface area contributed by atoms with Crippen LogP contribution >= 0.6 is 11.6 Å². The first-order chi connectivity index (χ1) is 16.2. The van der Waals surface area contributed by atoms with Crippen LogP contribution < -0.4 is 10.6 Å². The molecule has 1 aliphatic heterocycles. The number of nitrogens with zero attached hydrogens (tertiary/aromatic N) is 1. The fourth-order valence-electron chi connectivity index (χ4n) is 3.35. The van der Waals surface area contributed by atoms with Crippen LogP contribution in [0.5, 0.6) is 0 Å². The molecule has 1 aliphatic rings. The van der Waals surface area contributed by atoms with Crippen molar-refractivity contribution >= 4 is 47.2 Å². The van der Waals surface area contributed by atoms with Gasteiger partial charge in [0.2, 0.25) is 5.91 Å². The molecule has 3 aromatic rings. The first-order valence-corrected chi connectivity index (χ1v) is 10.4. The minimum absolute atomic E-state index is 0.0357. The Balaban J connectivity index is 1.49. The number of aromatic carboxylic acids is 1. The van der Waals surface area contributed by atoms with Crippen molar-refractivity contribution in [3.63, 3.8) is 0 Å². The summed E-state index contributed by atoms with van der Waals surface area (Å²) in [6.45, 7) is 1.41. The summed E-state index contributed by atoms with van der Waals surface area (Å²) in [5, 5.41) is 14.5. The van der Waals surface area contributed by atoms with Crippen LogP contribution in [0.25, 0.3) is 17.4 Å². The SMILES string of the molecule is Cc1cccc(NC(=O)CN2C(=O)N/C(=C/c3ccc(-c4cc(C(=O)O)ccc4Cl)o3)C2=O)c1. The third kappa shape index (κ3) is 4.84. The third-order valence-corrected chi connectivity index (χ3v) is 5.29. The molecule has 0 unspecified atom stereocenters. The summed E-state index contributed by atoms with van der Waals surface area (Å²) >= 11 is 6.17. The number of amides is 4. The Kier molecular flexibility index (Phi) is 6.20. The lowest BCUT2D eigenvalue weighted by molar-refractivity contribution is -0.127. The number of halogens is 1. The molecule has 0 atom stereocenters. The highest BCUT2D eigenvalue weighted by Crippen LogP contribution is 2.31. The van der Waals surface area contributed by atoms with Crippen LogP contribution in [0, 0.1) is 6.92 Å². The summed E-state index contributed by atoms with van der Waals surface area (Å²) < 4.78 is 5.68. The van der Waals surface area contributed by atoms with Crippen molar-refractivity contribution in [3.05, 3.63) is 82.2 Å². The number of anilines is 1. The number of carbonyl (C=O) groups is 4. The Hall–Kier alpha value is -4.37. The Labute approximate surface area is 198 Å². The molecule has 172 valence electrons. The number of carbonyl (C=O) groups excluding carboxylic acids is 3. The molecule has 0 aliphatic carbocycles. The first kappa shape index (κ1) is 22.8. The normalized spacial score (nSPS) is 14.4. The highest BCUT2D eigenvalue weighted by Gasteiger charge is 2.35. The monoisotopic (exact) mass is 479 g/mol. The van der Waals surface area contributed by atoms with Crippen molar-refractivity contribution in [1.82, 2.24) is 10.2 Å². The number of rotatable bonds is 6. The van der Waals surface area contributed by atoms with E-state index >= 15 is 0 Å². The molecule has 4 amide bonds. The van der Waals surface area contributed by atoms with E-state index in [1.165, 1.54) is 24.3 Å². The van der Waals surface area contributed by atoms with Crippen LogP contribution in [0.4, 0.5) is 10.5 Å². The van der Waals surface area contributed by atoms with Gasteiger partial charge in [-0.2, -0.15) is 0 Å². The van der Waals surface area contributed by atoms with Crippen molar-refractivity contribution in [1.29, 1.82) is 0 Å². The van der Waals surface area contributed by atoms with E-state index in [2.05, 4.69) is 10.6 Å². The number of furan rings is 1.